The van der Waals surface area contributed by atoms with Gasteiger partial charge < -0.3 is 23.7 Å². The Balaban J connectivity index is 0. The van der Waals surface area contributed by atoms with Gasteiger partial charge in [-0.2, -0.15) is 8.42 Å². The van der Waals surface area contributed by atoms with Crippen molar-refractivity contribution in [2.45, 2.75) is 194 Å². The quantitative estimate of drug-likeness (QED) is 0.0465. The van der Waals surface area contributed by atoms with E-state index in [1.54, 1.807) is 0 Å². The summed E-state index contributed by atoms with van der Waals surface area (Å²) in [7, 11) is -4.67. The largest absolute Gasteiger partial charge is 0.394 e. The van der Waals surface area contributed by atoms with Crippen LogP contribution in [0, 0.1) is 0 Å². The maximum Gasteiger partial charge on any atom is 0.394 e. The molecule has 0 fully saturated rings. The van der Waals surface area contributed by atoms with Crippen molar-refractivity contribution >= 4 is 10.4 Å². The van der Waals surface area contributed by atoms with Crippen molar-refractivity contribution < 1.29 is 41.2 Å². The van der Waals surface area contributed by atoms with Gasteiger partial charge in [0.2, 0.25) is 0 Å². The van der Waals surface area contributed by atoms with E-state index in [0.29, 0.717) is 52.9 Å². The van der Waals surface area contributed by atoms with E-state index in [1.807, 2.05) is 0 Å². The molecule has 0 radical (unpaired) electrons. The van der Waals surface area contributed by atoms with Crippen LogP contribution in [0.1, 0.15) is 194 Å². The van der Waals surface area contributed by atoms with Crippen molar-refractivity contribution in [3.63, 3.8) is 0 Å². The van der Waals surface area contributed by atoms with Gasteiger partial charge in [-0.25, -0.2) is 0 Å². The van der Waals surface area contributed by atoms with Gasteiger partial charge in [0.15, 0.2) is 0 Å². The molecule has 0 atom stereocenters. The Bertz CT molecular complexity index is 644. The summed E-state index contributed by atoms with van der Waals surface area (Å²) in [6.45, 7) is 11.4. The van der Waals surface area contributed by atoms with Crippen LogP contribution in [-0.4, -0.2) is 83.6 Å². The van der Waals surface area contributed by atoms with Gasteiger partial charge in [-0.1, -0.05) is 181 Å². The minimum absolute atomic E-state index is 0.609. The zero-order chi connectivity index (χ0) is 36.9. The zero-order valence-electron chi connectivity index (χ0n) is 33.0. The lowest BCUT2D eigenvalue weighted by Gasteiger charge is -2.08. The van der Waals surface area contributed by atoms with E-state index in [-0.39, 0.29) is 0 Å². The molecule has 304 valence electrons. The van der Waals surface area contributed by atoms with Crippen LogP contribution in [0.25, 0.3) is 0 Å². The molecule has 0 aromatic rings. The lowest BCUT2D eigenvalue weighted by atomic mass is 10.0. The molecule has 50 heavy (non-hydrogen) atoms. The van der Waals surface area contributed by atoms with E-state index in [9.17, 15) is 0 Å². The Morgan fingerprint density at radius 2 is 0.420 bits per heavy atom. The number of rotatable bonds is 42. The molecule has 0 aliphatic rings. The molecule has 0 saturated carbocycles. The van der Waals surface area contributed by atoms with E-state index >= 15 is 0 Å². The third-order valence-electron chi connectivity index (χ3n) is 8.77. The topological polar surface area (TPSA) is 121 Å². The van der Waals surface area contributed by atoms with Crippen molar-refractivity contribution in [3.05, 3.63) is 0 Å². The Morgan fingerprint density at radius 3 is 0.600 bits per heavy atom. The van der Waals surface area contributed by atoms with Crippen LogP contribution in [0.3, 0.4) is 0 Å². The molecule has 0 unspecified atom stereocenters. The Hall–Kier alpha value is -0.330. The average Bonchev–Trinajstić information content (AvgIpc) is 3.08. The third kappa shape index (κ3) is 59.8. The molecule has 0 aromatic heterocycles. The molecular formula is C40H84O9S. The second-order valence-electron chi connectivity index (χ2n) is 13.7. The molecule has 0 aliphatic heterocycles. The number of hydrogen-bond acceptors (Lipinski definition) is 7. The molecule has 2 N–H and O–H groups in total. The molecule has 0 amide bonds. The lowest BCUT2D eigenvalue weighted by molar-refractivity contribution is -0.0114. The number of unbranched alkanes of at least 4 members (excludes halogenated alkanes) is 26. The highest BCUT2D eigenvalue weighted by molar-refractivity contribution is 7.79. The fourth-order valence-corrected chi connectivity index (χ4v) is 5.78. The molecule has 0 bridgehead atoms. The summed E-state index contributed by atoms with van der Waals surface area (Å²) in [5.74, 6) is 0. The fourth-order valence-electron chi connectivity index (χ4n) is 5.78. The van der Waals surface area contributed by atoms with Crippen molar-refractivity contribution in [2.24, 2.45) is 0 Å². The fraction of sp³-hybridized carbons (Fsp3) is 1.00. The molecular weight excluding hydrogens is 656 g/mol. The smallest absolute Gasteiger partial charge is 0.379 e. The van der Waals surface area contributed by atoms with E-state index < -0.39 is 10.4 Å². The van der Waals surface area contributed by atoms with Gasteiger partial charge in [-0.3, -0.25) is 9.11 Å². The normalized spacial score (nSPS) is 11.6. The highest BCUT2D eigenvalue weighted by Gasteiger charge is 1.98. The number of ether oxygens (including phenoxy) is 5. The highest BCUT2D eigenvalue weighted by atomic mass is 32.3. The van der Waals surface area contributed by atoms with E-state index in [1.165, 1.54) is 180 Å². The minimum Gasteiger partial charge on any atom is -0.379 e. The van der Waals surface area contributed by atoms with Gasteiger partial charge in [0.05, 0.1) is 52.9 Å². The molecule has 0 aromatic carbocycles. The SMILES string of the molecule is CCCCCCCCCCCCCCCCOCCOCCOCCOCCOCCCCCCCCCCCCCCCC.O=S(=O)(O)O. The van der Waals surface area contributed by atoms with Crippen molar-refractivity contribution in [3.8, 4) is 0 Å². The molecule has 0 aliphatic carbocycles. The highest BCUT2D eigenvalue weighted by Crippen LogP contribution is 2.14. The standard InChI is InChI=1S/C40H82O5.H2O4S/c1-3-5-7-9-11-13-15-17-19-21-23-25-27-29-31-41-33-35-43-37-39-45-40-38-44-36-34-42-32-30-28-26-24-22-20-18-16-14-12-10-8-6-4-2;1-5(2,3)4/h3-40H2,1-2H3;(H2,1,2,3,4). The maximum absolute atomic E-state index is 8.74. The van der Waals surface area contributed by atoms with E-state index in [0.717, 1.165) is 13.2 Å². The van der Waals surface area contributed by atoms with Gasteiger partial charge in [-0.05, 0) is 12.8 Å². The summed E-state index contributed by atoms with van der Waals surface area (Å²) in [5.41, 5.74) is 0. The summed E-state index contributed by atoms with van der Waals surface area (Å²) in [4.78, 5) is 0. The second kappa shape index (κ2) is 46.7. The maximum atomic E-state index is 8.74. The van der Waals surface area contributed by atoms with Gasteiger partial charge >= 0.3 is 10.4 Å². The first kappa shape index (κ1) is 51.8. The second-order valence-corrected chi connectivity index (χ2v) is 14.6. The van der Waals surface area contributed by atoms with Crippen LogP contribution in [0.4, 0.5) is 0 Å². The molecule has 0 spiro atoms. The summed E-state index contributed by atoms with van der Waals surface area (Å²) < 4.78 is 59.7. The Labute approximate surface area is 310 Å². The predicted molar refractivity (Wildman–Crippen MR) is 209 cm³/mol. The average molecular weight is 741 g/mol. The van der Waals surface area contributed by atoms with Crippen molar-refractivity contribution in [1.29, 1.82) is 0 Å². The summed E-state index contributed by atoms with van der Waals surface area (Å²) in [6, 6.07) is 0. The first-order valence-electron chi connectivity index (χ1n) is 21.0. The van der Waals surface area contributed by atoms with Crippen LogP contribution in [0.5, 0.6) is 0 Å². The van der Waals surface area contributed by atoms with Gasteiger partial charge in [0.1, 0.15) is 0 Å². The first-order chi connectivity index (χ1) is 24.4. The minimum atomic E-state index is -4.67. The van der Waals surface area contributed by atoms with Crippen LogP contribution in [-0.2, 0) is 34.1 Å². The van der Waals surface area contributed by atoms with Crippen LogP contribution in [0.2, 0.25) is 0 Å². The Morgan fingerprint density at radius 1 is 0.280 bits per heavy atom. The molecule has 10 heteroatoms. The van der Waals surface area contributed by atoms with Crippen LogP contribution in [0.15, 0.2) is 0 Å². The molecule has 0 saturated heterocycles. The van der Waals surface area contributed by atoms with Gasteiger partial charge in [-0.15, -0.1) is 0 Å². The monoisotopic (exact) mass is 741 g/mol. The van der Waals surface area contributed by atoms with Crippen molar-refractivity contribution in [1.82, 2.24) is 0 Å². The summed E-state index contributed by atoms with van der Waals surface area (Å²) in [6.07, 6.45) is 38.9. The van der Waals surface area contributed by atoms with Crippen LogP contribution < -0.4 is 0 Å². The number of hydrogen-bond donors (Lipinski definition) is 2. The molecule has 0 heterocycles. The zero-order valence-corrected chi connectivity index (χ0v) is 33.8. The first-order valence-corrected chi connectivity index (χ1v) is 22.4. The van der Waals surface area contributed by atoms with E-state index in [2.05, 4.69) is 13.8 Å². The molecule has 9 nitrogen and oxygen atoms in total. The summed E-state index contributed by atoms with van der Waals surface area (Å²) in [5, 5.41) is 0. The lowest BCUT2D eigenvalue weighted by Crippen LogP contribution is -2.13. The van der Waals surface area contributed by atoms with Crippen LogP contribution >= 0.6 is 0 Å². The van der Waals surface area contributed by atoms with Gasteiger partial charge in [0.25, 0.3) is 0 Å². The molecule has 0 rings (SSSR count). The predicted octanol–water partition coefficient (Wildman–Crippen LogP) is 11.4. The van der Waals surface area contributed by atoms with Gasteiger partial charge in [0, 0.05) is 13.2 Å². The van der Waals surface area contributed by atoms with E-state index in [4.69, 9.17) is 41.2 Å². The summed E-state index contributed by atoms with van der Waals surface area (Å²) >= 11 is 0. The third-order valence-corrected chi connectivity index (χ3v) is 8.77. The van der Waals surface area contributed by atoms with Crippen molar-refractivity contribution in [2.75, 3.05) is 66.1 Å². The Kier molecular flexibility index (Phi) is 48.3.